The van der Waals surface area contributed by atoms with Gasteiger partial charge in [-0.3, -0.25) is 9.05 Å². The van der Waals surface area contributed by atoms with E-state index in [4.69, 9.17) is 13.8 Å². The molecule has 0 aromatic heterocycles. The molecule has 0 heterocycles. The average molecular weight is 501 g/mol. The van der Waals surface area contributed by atoms with Crippen LogP contribution < -0.4 is 0 Å². The molecule has 0 aliphatic carbocycles. The number of phosphoric acid groups is 1. The lowest BCUT2D eigenvalue weighted by molar-refractivity contribution is -0.870. The third-order valence-corrected chi connectivity index (χ3v) is 6.60. The highest BCUT2D eigenvalue weighted by Gasteiger charge is 2.39. The van der Waals surface area contributed by atoms with Crippen molar-refractivity contribution in [1.29, 1.82) is 0 Å². The molecule has 2 atom stereocenters. The molecule has 7 nitrogen and oxygen atoms in total. The Bertz CT molecular complexity index is 976. The monoisotopic (exact) mass is 500 g/mol. The van der Waals surface area contributed by atoms with Gasteiger partial charge in [0.1, 0.15) is 24.9 Å². The number of phosphoric ester groups is 1. The quantitative estimate of drug-likeness (QED) is 0.208. The van der Waals surface area contributed by atoms with Crippen molar-refractivity contribution in [3.8, 4) is 0 Å². The van der Waals surface area contributed by atoms with Gasteiger partial charge in [-0.05, 0) is 16.7 Å². The van der Waals surface area contributed by atoms with Gasteiger partial charge in [0.15, 0.2) is 0 Å². The summed E-state index contributed by atoms with van der Waals surface area (Å²) in [4.78, 5) is 10.2. The third kappa shape index (κ3) is 7.56. The minimum absolute atomic E-state index is 0.0399. The molecular weight excluding hydrogens is 465 g/mol. The fraction of sp³-hybridized carbons (Fsp3) is 0.333. The molecule has 0 aliphatic heterocycles. The first-order chi connectivity index (χ1) is 16.7. The number of aliphatic hydroxyl groups is 1. The molecule has 1 unspecified atom stereocenters. The smallest absolute Gasteiger partial charge is 0.394 e. The molecule has 0 saturated heterocycles. The summed E-state index contributed by atoms with van der Waals surface area (Å²) in [6.07, 6.45) is -1.08. The zero-order chi connectivity index (χ0) is 25.4. The zero-order valence-corrected chi connectivity index (χ0v) is 21.4. The molecule has 0 bridgehead atoms. The van der Waals surface area contributed by atoms with Gasteiger partial charge in [0.05, 0.1) is 34.4 Å². The number of nitrogens with zero attached hydrogens (tertiary/aromatic N) is 1. The van der Waals surface area contributed by atoms with E-state index in [-0.39, 0.29) is 13.2 Å². The number of rotatable bonds is 13. The van der Waals surface area contributed by atoms with E-state index in [1.165, 1.54) is 0 Å². The Balaban J connectivity index is 1.90. The number of ether oxygens (including phenoxy) is 1. The first-order valence-electron chi connectivity index (χ1n) is 11.5. The van der Waals surface area contributed by atoms with Gasteiger partial charge in [-0.15, -0.1) is 0 Å². The Labute approximate surface area is 207 Å². The van der Waals surface area contributed by atoms with E-state index in [0.29, 0.717) is 11.0 Å². The molecule has 0 fully saturated rings. The lowest BCUT2D eigenvalue weighted by atomic mass is 9.80. The topological polar surface area (TPSA) is 85.2 Å². The Kier molecular flexibility index (Phi) is 9.39. The highest BCUT2D eigenvalue weighted by Crippen LogP contribution is 2.45. The van der Waals surface area contributed by atoms with Gasteiger partial charge in [0.2, 0.25) is 0 Å². The number of hydrogen-bond acceptors (Lipinski definition) is 5. The molecular formula is C27H35NO6P+. The molecule has 35 heavy (non-hydrogen) atoms. The van der Waals surface area contributed by atoms with Gasteiger partial charge < -0.3 is 19.2 Å². The van der Waals surface area contributed by atoms with Crippen molar-refractivity contribution in [2.24, 2.45) is 0 Å². The third-order valence-electron chi connectivity index (χ3n) is 5.53. The first kappa shape index (κ1) is 27.2. The van der Waals surface area contributed by atoms with Crippen LogP contribution >= 0.6 is 7.82 Å². The number of aliphatic hydroxyl groups excluding tert-OH is 1. The van der Waals surface area contributed by atoms with Crippen molar-refractivity contribution in [3.05, 3.63) is 108 Å². The van der Waals surface area contributed by atoms with Crippen molar-refractivity contribution in [1.82, 2.24) is 0 Å². The summed E-state index contributed by atoms with van der Waals surface area (Å²) in [5.41, 5.74) is 1.59. The molecule has 3 aromatic rings. The second-order valence-electron chi connectivity index (χ2n) is 9.32. The van der Waals surface area contributed by atoms with Crippen molar-refractivity contribution >= 4 is 7.82 Å². The van der Waals surface area contributed by atoms with Crippen LogP contribution in [0.5, 0.6) is 0 Å². The predicted molar refractivity (Wildman–Crippen MR) is 136 cm³/mol. The fourth-order valence-electron chi connectivity index (χ4n) is 3.75. The van der Waals surface area contributed by atoms with Crippen LogP contribution in [-0.2, 0) is 24.0 Å². The van der Waals surface area contributed by atoms with E-state index in [1.54, 1.807) is 0 Å². The number of hydrogen-bond donors (Lipinski definition) is 2. The maximum Gasteiger partial charge on any atom is 0.472 e. The highest BCUT2D eigenvalue weighted by atomic mass is 31.2. The average Bonchev–Trinajstić information content (AvgIpc) is 2.84. The Morgan fingerprint density at radius 2 is 1.26 bits per heavy atom. The normalized spacial score (nSPS) is 14.9. The molecule has 8 heteroatoms. The number of benzene rings is 3. The van der Waals surface area contributed by atoms with E-state index in [1.807, 2.05) is 112 Å². The van der Waals surface area contributed by atoms with Crippen LogP contribution in [0.4, 0.5) is 0 Å². The van der Waals surface area contributed by atoms with Gasteiger partial charge in [-0.1, -0.05) is 91.0 Å². The van der Waals surface area contributed by atoms with Crippen LogP contribution in [-0.4, -0.2) is 68.1 Å². The largest absolute Gasteiger partial charge is 0.472 e. The van der Waals surface area contributed by atoms with Gasteiger partial charge in [0, 0.05) is 0 Å². The molecule has 0 saturated carbocycles. The van der Waals surface area contributed by atoms with Crippen molar-refractivity contribution in [2.75, 3.05) is 47.5 Å². The van der Waals surface area contributed by atoms with Crippen LogP contribution in [0, 0.1) is 0 Å². The summed E-state index contributed by atoms with van der Waals surface area (Å²) >= 11 is 0. The SMILES string of the molecule is C[N+](C)(C)CCOP(=O)(O)O[C@@H](CO)COC(c1ccccc1)(c1ccccc1)c1ccccc1. The second kappa shape index (κ2) is 12.1. The van der Waals surface area contributed by atoms with Crippen LogP contribution in [0.2, 0.25) is 0 Å². The standard InChI is InChI=1S/C27H34NO6P/c1-28(2,3)19-20-33-35(30,31)34-26(21-29)22-32-27(23-13-7-4-8-14-23,24-15-9-5-10-16-24)25-17-11-6-12-18-25/h4-18,26,29H,19-22H2,1-3H3/p+1/t26-/m0/s1. The first-order valence-corrected chi connectivity index (χ1v) is 13.0. The van der Waals surface area contributed by atoms with E-state index in [0.717, 1.165) is 16.7 Å². The van der Waals surface area contributed by atoms with E-state index in [9.17, 15) is 14.6 Å². The van der Waals surface area contributed by atoms with Gasteiger partial charge in [-0.2, -0.15) is 0 Å². The molecule has 3 rings (SSSR count). The van der Waals surface area contributed by atoms with Crippen molar-refractivity contribution in [3.63, 3.8) is 0 Å². The maximum absolute atomic E-state index is 12.5. The van der Waals surface area contributed by atoms with Gasteiger partial charge >= 0.3 is 7.82 Å². The minimum Gasteiger partial charge on any atom is -0.394 e. The summed E-state index contributed by atoms with van der Waals surface area (Å²) in [7, 11) is 1.46. The van der Waals surface area contributed by atoms with Crippen LogP contribution in [0.3, 0.4) is 0 Å². The second-order valence-corrected chi connectivity index (χ2v) is 10.7. The highest BCUT2D eigenvalue weighted by molar-refractivity contribution is 7.47. The summed E-state index contributed by atoms with van der Waals surface area (Å²) in [6.45, 7) is -0.109. The lowest BCUT2D eigenvalue weighted by Crippen LogP contribution is -2.38. The lowest BCUT2D eigenvalue weighted by Gasteiger charge is -2.37. The molecule has 0 aliphatic rings. The van der Waals surface area contributed by atoms with Crippen molar-refractivity contribution in [2.45, 2.75) is 11.7 Å². The molecule has 0 amide bonds. The van der Waals surface area contributed by atoms with Gasteiger partial charge in [-0.25, -0.2) is 4.57 Å². The van der Waals surface area contributed by atoms with Crippen LogP contribution in [0.1, 0.15) is 16.7 Å². The molecule has 188 valence electrons. The fourth-order valence-corrected chi connectivity index (χ4v) is 4.63. The molecule has 3 aromatic carbocycles. The van der Waals surface area contributed by atoms with E-state index >= 15 is 0 Å². The summed E-state index contributed by atoms with van der Waals surface area (Å²) in [5.74, 6) is 0. The maximum atomic E-state index is 12.5. The summed E-state index contributed by atoms with van der Waals surface area (Å²) < 4.78 is 30.1. The van der Waals surface area contributed by atoms with E-state index < -0.39 is 26.1 Å². The Morgan fingerprint density at radius 1 is 0.829 bits per heavy atom. The van der Waals surface area contributed by atoms with Gasteiger partial charge in [0.25, 0.3) is 0 Å². The Morgan fingerprint density at radius 3 is 1.63 bits per heavy atom. The summed E-state index contributed by atoms with van der Waals surface area (Å²) in [5, 5.41) is 9.96. The van der Waals surface area contributed by atoms with Crippen LogP contribution in [0.15, 0.2) is 91.0 Å². The van der Waals surface area contributed by atoms with Crippen LogP contribution in [0.25, 0.3) is 0 Å². The number of quaternary nitrogens is 1. The summed E-state index contributed by atoms with van der Waals surface area (Å²) in [6, 6.07) is 29.2. The Hall–Kier alpha value is -2.35. The molecule has 2 N–H and O–H groups in total. The molecule has 0 spiro atoms. The number of likely N-dealkylation sites (N-methyl/N-ethyl adjacent to an activating group) is 1. The molecule has 0 radical (unpaired) electrons. The predicted octanol–water partition coefficient (Wildman–Crippen LogP) is 4.20. The zero-order valence-electron chi connectivity index (χ0n) is 20.5. The van der Waals surface area contributed by atoms with E-state index in [2.05, 4.69) is 0 Å². The minimum atomic E-state index is -4.40. The van der Waals surface area contributed by atoms with Crippen molar-refractivity contribution < 1.29 is 32.8 Å².